The predicted octanol–water partition coefficient (Wildman–Crippen LogP) is 5.07. The van der Waals surface area contributed by atoms with E-state index in [0.29, 0.717) is 0 Å². The highest BCUT2D eigenvalue weighted by molar-refractivity contribution is 7.90. The minimum Gasteiger partial charge on any atom is -0.460 e. The lowest BCUT2D eigenvalue weighted by Gasteiger charge is -2.13. The van der Waals surface area contributed by atoms with Crippen LogP contribution in [0.4, 0.5) is 0 Å². The van der Waals surface area contributed by atoms with Gasteiger partial charge in [0.2, 0.25) is 5.91 Å². The van der Waals surface area contributed by atoms with Crippen molar-refractivity contribution >= 4 is 32.8 Å². The Kier molecular flexibility index (Phi) is 6.77. The molecule has 0 aliphatic carbocycles. The maximum Gasteiger partial charge on any atom is 0.244 e. The van der Waals surface area contributed by atoms with Crippen molar-refractivity contribution in [1.82, 2.24) is 5.32 Å². The second-order valence-electron chi connectivity index (χ2n) is 7.44. The quantitative estimate of drug-likeness (QED) is 0.511. The maximum atomic E-state index is 12.5. The molecule has 30 heavy (non-hydrogen) atoms. The van der Waals surface area contributed by atoms with Gasteiger partial charge in [-0.25, -0.2) is 8.42 Å². The predicted molar refractivity (Wildman–Crippen MR) is 120 cm³/mol. The number of benzene rings is 2. The normalized spacial score (nSPS) is 13.0. The van der Waals surface area contributed by atoms with E-state index < -0.39 is 9.84 Å². The van der Waals surface area contributed by atoms with Crippen LogP contribution in [0.25, 0.3) is 17.0 Å². The molecule has 1 amide bonds. The molecule has 0 saturated carbocycles. The molecule has 3 rings (SSSR count). The number of carbonyl (C=O) groups excluding carboxylic acids is 1. The number of carbonyl (C=O) groups is 1. The van der Waals surface area contributed by atoms with Gasteiger partial charge in [0, 0.05) is 29.7 Å². The molecule has 0 radical (unpaired) electrons. The molecule has 0 spiro atoms. The molecule has 3 aromatic rings. The monoisotopic (exact) mass is 425 g/mol. The van der Waals surface area contributed by atoms with E-state index >= 15 is 0 Å². The lowest BCUT2D eigenvalue weighted by Crippen LogP contribution is -2.24. The molecule has 1 N–H and O–H groups in total. The summed E-state index contributed by atoms with van der Waals surface area (Å²) in [4.78, 5) is 12.7. The van der Waals surface area contributed by atoms with E-state index in [9.17, 15) is 13.2 Å². The molecule has 0 bridgehead atoms. The van der Waals surface area contributed by atoms with Gasteiger partial charge in [-0.2, -0.15) is 0 Å². The van der Waals surface area contributed by atoms with Crippen LogP contribution in [0.3, 0.4) is 0 Å². The summed E-state index contributed by atoms with van der Waals surface area (Å²) < 4.78 is 29.2. The lowest BCUT2D eigenvalue weighted by atomic mass is 10.1. The van der Waals surface area contributed by atoms with Crippen LogP contribution in [0, 0.1) is 0 Å². The lowest BCUT2D eigenvalue weighted by molar-refractivity contribution is -0.117. The molecule has 6 heteroatoms. The Balaban J connectivity index is 1.74. The molecule has 0 fully saturated rings. The van der Waals surface area contributed by atoms with Gasteiger partial charge in [0.15, 0.2) is 9.84 Å². The zero-order valence-electron chi connectivity index (χ0n) is 17.5. The van der Waals surface area contributed by atoms with Gasteiger partial charge in [0.25, 0.3) is 0 Å². The Morgan fingerprint density at radius 2 is 1.83 bits per heavy atom. The highest BCUT2D eigenvalue weighted by Gasteiger charge is 2.13. The van der Waals surface area contributed by atoms with Gasteiger partial charge in [0.1, 0.15) is 11.3 Å². The number of hydrogen-bond donors (Lipinski definition) is 1. The fraction of sp³-hybridized carbons (Fsp3) is 0.292. The molecule has 1 unspecified atom stereocenters. The van der Waals surface area contributed by atoms with Crippen LogP contribution in [0.5, 0.6) is 0 Å². The van der Waals surface area contributed by atoms with E-state index in [4.69, 9.17) is 4.42 Å². The van der Waals surface area contributed by atoms with Crippen LogP contribution < -0.4 is 5.32 Å². The summed E-state index contributed by atoms with van der Waals surface area (Å²) in [5.74, 6) is 0.674. The van der Waals surface area contributed by atoms with Gasteiger partial charge in [-0.05, 0) is 43.2 Å². The van der Waals surface area contributed by atoms with Gasteiger partial charge in [-0.1, -0.05) is 43.7 Å². The number of unbranched alkanes of at least 4 members (excludes halogenated alkanes) is 1. The number of furan rings is 1. The summed E-state index contributed by atoms with van der Waals surface area (Å²) >= 11 is 0. The molecule has 0 saturated heterocycles. The second kappa shape index (κ2) is 9.30. The van der Waals surface area contributed by atoms with Crippen LogP contribution in [0.2, 0.25) is 0 Å². The molecule has 1 heterocycles. The third-order valence-corrected chi connectivity index (χ3v) is 6.17. The number of fused-ring (bicyclic) bond motifs is 1. The van der Waals surface area contributed by atoms with Gasteiger partial charge in [-0.15, -0.1) is 0 Å². The van der Waals surface area contributed by atoms with Crippen LogP contribution in [-0.4, -0.2) is 20.6 Å². The summed E-state index contributed by atoms with van der Waals surface area (Å²) in [7, 11) is -3.24. The summed E-state index contributed by atoms with van der Waals surface area (Å²) in [5, 5.41) is 3.92. The number of rotatable bonds is 8. The maximum absolute atomic E-state index is 12.5. The average Bonchev–Trinajstić information content (AvgIpc) is 3.07. The number of nitrogens with one attached hydrogen (secondary N) is 1. The van der Waals surface area contributed by atoms with Crippen LogP contribution in [0.1, 0.15) is 49.6 Å². The van der Waals surface area contributed by atoms with Crippen molar-refractivity contribution in [1.29, 1.82) is 0 Å². The molecule has 0 aliphatic rings. The first-order valence-electron chi connectivity index (χ1n) is 10.1. The van der Waals surface area contributed by atoms with Crippen molar-refractivity contribution in [2.24, 2.45) is 0 Å². The van der Waals surface area contributed by atoms with Crippen LogP contribution >= 0.6 is 0 Å². The van der Waals surface area contributed by atoms with E-state index in [1.165, 1.54) is 12.3 Å². The minimum atomic E-state index is -3.24. The first-order valence-corrected chi connectivity index (χ1v) is 12.0. The van der Waals surface area contributed by atoms with E-state index in [1.54, 1.807) is 24.3 Å². The van der Waals surface area contributed by atoms with E-state index in [1.807, 2.05) is 37.3 Å². The molecule has 1 aromatic heterocycles. The molecule has 0 aliphatic heterocycles. The average molecular weight is 426 g/mol. The van der Waals surface area contributed by atoms with Crippen LogP contribution in [0.15, 0.2) is 63.9 Å². The van der Waals surface area contributed by atoms with E-state index in [-0.39, 0.29) is 16.8 Å². The Morgan fingerprint density at radius 1 is 1.13 bits per heavy atom. The Hall–Kier alpha value is -2.86. The number of para-hydroxylation sites is 1. The summed E-state index contributed by atoms with van der Waals surface area (Å²) in [6, 6.07) is 14.1. The first-order chi connectivity index (χ1) is 14.3. The van der Waals surface area contributed by atoms with Crippen molar-refractivity contribution in [3.63, 3.8) is 0 Å². The Bertz CT molecular complexity index is 1160. The molecule has 158 valence electrons. The highest BCUT2D eigenvalue weighted by Crippen LogP contribution is 2.28. The second-order valence-corrected chi connectivity index (χ2v) is 9.46. The highest BCUT2D eigenvalue weighted by atomic mass is 32.2. The number of amides is 1. The molecular weight excluding hydrogens is 398 g/mol. The Labute approximate surface area is 177 Å². The summed E-state index contributed by atoms with van der Waals surface area (Å²) in [5.41, 5.74) is 2.60. The van der Waals surface area contributed by atoms with Gasteiger partial charge >= 0.3 is 0 Å². The van der Waals surface area contributed by atoms with Crippen molar-refractivity contribution in [2.45, 2.75) is 44.0 Å². The molecular formula is C24H27NO4S. The summed E-state index contributed by atoms with van der Waals surface area (Å²) in [6.45, 7) is 4.00. The Morgan fingerprint density at radius 3 is 2.50 bits per heavy atom. The van der Waals surface area contributed by atoms with Gasteiger partial charge in [-0.3, -0.25) is 4.79 Å². The van der Waals surface area contributed by atoms with Gasteiger partial charge in [0.05, 0.1) is 10.9 Å². The van der Waals surface area contributed by atoms with Crippen LogP contribution in [-0.2, 0) is 21.1 Å². The van der Waals surface area contributed by atoms with Crippen molar-refractivity contribution in [3.05, 3.63) is 71.5 Å². The fourth-order valence-electron chi connectivity index (χ4n) is 3.33. The van der Waals surface area contributed by atoms with E-state index in [0.717, 1.165) is 47.1 Å². The fourth-order valence-corrected chi connectivity index (χ4v) is 3.96. The largest absolute Gasteiger partial charge is 0.460 e. The molecule has 2 aromatic carbocycles. The standard InChI is InChI=1S/C24H27NO4S/c1-4-5-9-22-21(20-8-6-7-10-23(20)29-22)15-16-24(26)25-17(2)18-11-13-19(14-12-18)30(3,27)28/h6-8,10-17H,4-5,9H2,1-3H3,(H,25,26)/b16-15+. The number of aryl methyl sites for hydroxylation is 1. The third-order valence-electron chi connectivity index (χ3n) is 5.04. The number of hydrogen-bond acceptors (Lipinski definition) is 4. The topological polar surface area (TPSA) is 76.4 Å². The van der Waals surface area contributed by atoms with Crippen molar-refractivity contribution < 1.29 is 17.6 Å². The smallest absolute Gasteiger partial charge is 0.244 e. The van der Waals surface area contributed by atoms with E-state index in [2.05, 4.69) is 12.2 Å². The SMILES string of the molecule is CCCCc1oc2ccccc2c1/C=C/C(=O)NC(C)c1ccc(S(C)(=O)=O)cc1. The summed E-state index contributed by atoms with van der Waals surface area (Å²) in [6.07, 6.45) is 7.42. The zero-order valence-corrected chi connectivity index (χ0v) is 18.3. The number of sulfone groups is 1. The molecule has 1 atom stereocenters. The minimum absolute atomic E-state index is 0.221. The van der Waals surface area contributed by atoms with Crippen molar-refractivity contribution in [3.8, 4) is 0 Å². The zero-order chi connectivity index (χ0) is 21.7. The molecule has 5 nitrogen and oxygen atoms in total. The third kappa shape index (κ3) is 5.19. The first kappa shape index (κ1) is 21.8. The van der Waals surface area contributed by atoms with Crippen molar-refractivity contribution in [2.75, 3.05) is 6.26 Å². The van der Waals surface area contributed by atoms with Gasteiger partial charge < -0.3 is 9.73 Å².